The van der Waals surface area contributed by atoms with Crippen LogP contribution in [0.15, 0.2) is 6.33 Å². The van der Waals surface area contributed by atoms with Crippen molar-refractivity contribution in [1.29, 1.82) is 0 Å². The Morgan fingerprint density at radius 1 is 1.17 bits per heavy atom. The number of nitrogens with one attached hydrogen (secondary N) is 2. The van der Waals surface area contributed by atoms with Gasteiger partial charge in [-0.05, 0) is 6.42 Å². The summed E-state index contributed by atoms with van der Waals surface area (Å²) in [5.74, 6) is -0.776. The van der Waals surface area contributed by atoms with Crippen LogP contribution in [0.25, 0.3) is 0 Å². The predicted molar refractivity (Wildman–Crippen MR) is 91.4 cm³/mol. The molecule has 0 aliphatic carbocycles. The quantitative estimate of drug-likeness (QED) is 0.539. The maximum Gasteiger partial charge on any atom is 0.321 e. The average molecular weight is 321 g/mol. The molecule has 23 heavy (non-hydrogen) atoms. The Balaban J connectivity index is 1.64. The van der Waals surface area contributed by atoms with Crippen molar-refractivity contribution >= 4 is 5.97 Å². The highest BCUT2D eigenvalue weighted by molar-refractivity contribution is 5.74. The summed E-state index contributed by atoms with van der Waals surface area (Å²) in [5.41, 5.74) is 2.00. The Morgan fingerprint density at radius 2 is 1.83 bits per heavy atom. The van der Waals surface area contributed by atoms with E-state index in [4.69, 9.17) is 0 Å². The van der Waals surface area contributed by atoms with Crippen molar-refractivity contribution in [3.63, 3.8) is 0 Å². The fraction of sp³-hybridized carbons (Fsp3) is 0.778. The van der Waals surface area contributed by atoms with Gasteiger partial charge in [-0.3, -0.25) is 10.1 Å². The Kier molecular flexibility index (Phi) is 7.59. The van der Waals surface area contributed by atoms with Crippen molar-refractivity contribution in [2.75, 3.05) is 0 Å². The van der Waals surface area contributed by atoms with Crippen LogP contribution in [-0.2, 0) is 11.2 Å². The topological polar surface area (TPSA) is 78.0 Å². The number of aromatic amines is 1. The molecule has 0 aromatic carbocycles. The number of hydrogen-bond donors (Lipinski definition) is 3. The van der Waals surface area contributed by atoms with E-state index in [0.717, 1.165) is 24.2 Å². The summed E-state index contributed by atoms with van der Waals surface area (Å²) in [6.45, 7) is 2.25. The number of aliphatic carboxylic acids is 1. The van der Waals surface area contributed by atoms with Crippen molar-refractivity contribution < 1.29 is 9.90 Å². The number of H-pyrrole nitrogens is 1. The lowest BCUT2D eigenvalue weighted by atomic mass is 9.95. The van der Waals surface area contributed by atoms with Gasteiger partial charge in [-0.2, -0.15) is 0 Å². The molecule has 130 valence electrons. The van der Waals surface area contributed by atoms with E-state index in [9.17, 15) is 9.90 Å². The van der Waals surface area contributed by atoms with Crippen molar-refractivity contribution in [3.05, 3.63) is 17.7 Å². The van der Waals surface area contributed by atoms with Crippen LogP contribution in [0.5, 0.6) is 0 Å². The standard InChI is InChI=1S/C18H31N3O2/c1-2-3-4-5-6-7-8-9-10-11-14-17-15(19-13-20-17)12-16(21-14)18(22)23/h13-14,16,21H,2-12H2,1H3,(H,19,20)(H,22,23). The summed E-state index contributed by atoms with van der Waals surface area (Å²) >= 11 is 0. The highest BCUT2D eigenvalue weighted by Gasteiger charge is 2.31. The van der Waals surface area contributed by atoms with Crippen molar-refractivity contribution in [1.82, 2.24) is 15.3 Å². The zero-order valence-electron chi connectivity index (χ0n) is 14.3. The molecule has 2 heterocycles. The summed E-state index contributed by atoms with van der Waals surface area (Å²) < 4.78 is 0. The summed E-state index contributed by atoms with van der Waals surface area (Å²) in [7, 11) is 0. The van der Waals surface area contributed by atoms with Gasteiger partial charge in [-0.1, -0.05) is 64.7 Å². The lowest BCUT2D eigenvalue weighted by Gasteiger charge is -2.28. The molecule has 2 atom stereocenters. The molecular weight excluding hydrogens is 290 g/mol. The first-order chi connectivity index (χ1) is 11.2. The zero-order valence-corrected chi connectivity index (χ0v) is 14.3. The second-order valence-corrected chi connectivity index (χ2v) is 6.70. The fourth-order valence-electron chi connectivity index (χ4n) is 3.42. The van der Waals surface area contributed by atoms with Gasteiger partial charge < -0.3 is 10.1 Å². The maximum absolute atomic E-state index is 11.3. The Labute approximate surface area is 139 Å². The smallest absolute Gasteiger partial charge is 0.321 e. The van der Waals surface area contributed by atoms with Gasteiger partial charge in [0.1, 0.15) is 6.04 Å². The highest BCUT2D eigenvalue weighted by atomic mass is 16.4. The second-order valence-electron chi connectivity index (χ2n) is 6.70. The fourth-order valence-corrected chi connectivity index (χ4v) is 3.42. The van der Waals surface area contributed by atoms with Crippen LogP contribution in [0, 0.1) is 0 Å². The number of fused-ring (bicyclic) bond motifs is 1. The molecule has 1 aliphatic rings. The lowest BCUT2D eigenvalue weighted by molar-refractivity contribution is -0.139. The predicted octanol–water partition coefficient (Wildman–Crippen LogP) is 3.97. The van der Waals surface area contributed by atoms with E-state index >= 15 is 0 Å². The summed E-state index contributed by atoms with van der Waals surface area (Å²) in [5, 5.41) is 12.5. The first kappa shape index (κ1) is 18.0. The summed E-state index contributed by atoms with van der Waals surface area (Å²) in [6.07, 6.45) is 14.9. The molecule has 0 radical (unpaired) electrons. The van der Waals surface area contributed by atoms with Gasteiger partial charge in [0.2, 0.25) is 0 Å². The molecule has 0 saturated heterocycles. The molecule has 0 spiro atoms. The van der Waals surface area contributed by atoms with Gasteiger partial charge in [-0.25, -0.2) is 4.98 Å². The number of rotatable bonds is 11. The molecule has 5 heteroatoms. The number of carboxylic acid groups (broad SMARTS) is 1. The van der Waals surface area contributed by atoms with E-state index in [2.05, 4.69) is 22.2 Å². The average Bonchev–Trinajstić information content (AvgIpc) is 3.01. The number of imidazole rings is 1. The molecule has 2 rings (SSSR count). The molecule has 0 bridgehead atoms. The number of nitrogens with zero attached hydrogens (tertiary/aromatic N) is 1. The minimum atomic E-state index is -0.776. The Morgan fingerprint density at radius 3 is 2.48 bits per heavy atom. The van der Waals surface area contributed by atoms with E-state index in [1.807, 2.05) is 0 Å². The van der Waals surface area contributed by atoms with E-state index in [1.54, 1.807) is 6.33 Å². The summed E-state index contributed by atoms with van der Waals surface area (Å²) in [6, 6.07) is -0.415. The molecule has 0 fully saturated rings. The van der Waals surface area contributed by atoms with Crippen LogP contribution in [-0.4, -0.2) is 27.1 Å². The highest BCUT2D eigenvalue weighted by Crippen LogP contribution is 2.27. The van der Waals surface area contributed by atoms with E-state index < -0.39 is 12.0 Å². The lowest BCUT2D eigenvalue weighted by Crippen LogP contribution is -2.44. The maximum atomic E-state index is 11.3. The number of unbranched alkanes of at least 4 members (excludes halogenated alkanes) is 8. The third-order valence-electron chi connectivity index (χ3n) is 4.79. The zero-order chi connectivity index (χ0) is 16.5. The number of carbonyl (C=O) groups is 1. The van der Waals surface area contributed by atoms with E-state index in [0.29, 0.717) is 6.42 Å². The molecule has 2 unspecified atom stereocenters. The Hall–Kier alpha value is -1.36. The van der Waals surface area contributed by atoms with Crippen LogP contribution in [0.4, 0.5) is 0 Å². The van der Waals surface area contributed by atoms with Crippen LogP contribution in [0.3, 0.4) is 0 Å². The van der Waals surface area contributed by atoms with Gasteiger partial charge >= 0.3 is 5.97 Å². The van der Waals surface area contributed by atoms with E-state index in [1.165, 1.54) is 51.4 Å². The van der Waals surface area contributed by atoms with Crippen LogP contribution in [0.1, 0.15) is 88.6 Å². The number of aromatic nitrogens is 2. The van der Waals surface area contributed by atoms with Gasteiger partial charge in [0.15, 0.2) is 0 Å². The third kappa shape index (κ3) is 5.65. The first-order valence-electron chi connectivity index (χ1n) is 9.23. The van der Waals surface area contributed by atoms with Gasteiger partial charge in [-0.15, -0.1) is 0 Å². The summed E-state index contributed by atoms with van der Waals surface area (Å²) in [4.78, 5) is 18.7. The van der Waals surface area contributed by atoms with Gasteiger partial charge in [0.25, 0.3) is 0 Å². The van der Waals surface area contributed by atoms with Crippen molar-refractivity contribution in [2.45, 2.75) is 89.6 Å². The normalized spacial score (nSPS) is 20.4. The molecular formula is C18H31N3O2. The number of carboxylic acids is 1. The van der Waals surface area contributed by atoms with Crippen LogP contribution in [0.2, 0.25) is 0 Å². The van der Waals surface area contributed by atoms with Crippen molar-refractivity contribution in [3.8, 4) is 0 Å². The molecule has 0 saturated carbocycles. The molecule has 1 aromatic rings. The third-order valence-corrected chi connectivity index (χ3v) is 4.79. The second kappa shape index (κ2) is 9.71. The van der Waals surface area contributed by atoms with Crippen molar-refractivity contribution in [2.24, 2.45) is 0 Å². The van der Waals surface area contributed by atoms with Crippen LogP contribution >= 0.6 is 0 Å². The molecule has 0 amide bonds. The van der Waals surface area contributed by atoms with E-state index in [-0.39, 0.29) is 6.04 Å². The minimum Gasteiger partial charge on any atom is -0.480 e. The molecule has 5 nitrogen and oxygen atoms in total. The SMILES string of the molecule is CCCCCCCCCCCC1NC(C(=O)O)Cc2[nH]cnc21. The molecule has 3 N–H and O–H groups in total. The molecule has 1 aliphatic heterocycles. The van der Waals surface area contributed by atoms with Crippen LogP contribution < -0.4 is 5.32 Å². The first-order valence-corrected chi connectivity index (χ1v) is 9.23. The van der Waals surface area contributed by atoms with Gasteiger partial charge in [0, 0.05) is 12.1 Å². The monoisotopic (exact) mass is 321 g/mol. The Bertz CT molecular complexity index is 473. The minimum absolute atomic E-state index is 0.0793. The van der Waals surface area contributed by atoms with Gasteiger partial charge in [0.05, 0.1) is 18.1 Å². The molecule has 1 aromatic heterocycles. The number of hydrogen-bond acceptors (Lipinski definition) is 3. The largest absolute Gasteiger partial charge is 0.480 e.